The molecule has 1 aliphatic rings. The molecule has 0 amide bonds. The summed E-state index contributed by atoms with van der Waals surface area (Å²) in [7, 11) is 0. The summed E-state index contributed by atoms with van der Waals surface area (Å²) in [5.74, 6) is 1.82. The van der Waals surface area contributed by atoms with Gasteiger partial charge in [-0.05, 0) is 68.2 Å². The second-order valence-electron chi connectivity index (χ2n) is 17.5. The van der Waals surface area contributed by atoms with Gasteiger partial charge in [0.25, 0.3) is 0 Å². The summed E-state index contributed by atoms with van der Waals surface area (Å²) < 4.78 is 71.5. The van der Waals surface area contributed by atoms with Crippen LogP contribution in [0.25, 0.3) is 0 Å². The van der Waals surface area contributed by atoms with Crippen LogP contribution in [0.3, 0.4) is 0 Å². The van der Waals surface area contributed by atoms with E-state index in [-0.39, 0.29) is 22.5 Å². The van der Waals surface area contributed by atoms with Crippen LogP contribution in [0.4, 0.5) is 37.7 Å². The predicted molar refractivity (Wildman–Crippen MR) is 262 cm³/mol. The number of hydrogen-bond donors (Lipinski definition) is 4. The maximum Gasteiger partial charge on any atom is 0.423 e. The summed E-state index contributed by atoms with van der Waals surface area (Å²) in [5.41, 5.74) is 17.9. The Morgan fingerprint density at radius 2 is 0.788 bits per heavy atom. The Bertz CT molecular complexity index is 2230. The topological polar surface area (TPSA) is 91.0 Å². The monoisotopic (exact) mass is 921 g/mol. The van der Waals surface area contributed by atoms with Gasteiger partial charge >= 0.3 is 12.4 Å². The van der Waals surface area contributed by atoms with Gasteiger partial charge in [-0.2, -0.15) is 26.3 Å². The fourth-order valence-electron chi connectivity index (χ4n) is 7.42. The van der Waals surface area contributed by atoms with E-state index in [1.807, 2.05) is 60.7 Å². The molecule has 1 aliphatic heterocycles. The van der Waals surface area contributed by atoms with Gasteiger partial charge in [0.2, 0.25) is 6.10 Å². The zero-order valence-corrected chi connectivity index (χ0v) is 38.9. The Morgan fingerprint density at radius 3 is 1.11 bits per heavy atom. The molecule has 0 bridgehead atoms. The van der Waals surface area contributed by atoms with E-state index in [2.05, 4.69) is 158 Å². The molecule has 1 unspecified atom stereocenters. The van der Waals surface area contributed by atoms with E-state index in [4.69, 9.17) is 15.6 Å². The third-order valence-electron chi connectivity index (χ3n) is 11.1. The molecule has 1 heterocycles. The van der Waals surface area contributed by atoms with Crippen LogP contribution in [0, 0.1) is 0 Å². The summed E-state index contributed by atoms with van der Waals surface area (Å²) in [4.78, 5) is 0. The fourth-order valence-corrected chi connectivity index (χ4v) is 7.42. The summed E-state index contributed by atoms with van der Waals surface area (Å²) in [6.45, 7) is 17.6. The van der Waals surface area contributed by atoms with Crippen molar-refractivity contribution in [3.05, 3.63) is 202 Å². The van der Waals surface area contributed by atoms with Gasteiger partial charge in [0.15, 0.2) is 0 Å². The van der Waals surface area contributed by atoms with Crippen LogP contribution in [-0.2, 0) is 4.74 Å². The molecule has 0 saturated carbocycles. The predicted octanol–water partition coefficient (Wildman–Crippen LogP) is 16.0. The Hall–Kier alpha value is -5.62. The summed E-state index contributed by atoms with van der Waals surface area (Å²) >= 11 is 0. The van der Waals surface area contributed by atoms with Crippen LogP contribution in [0.15, 0.2) is 158 Å². The number of aliphatic hydroxyl groups excluding tert-OH is 2. The van der Waals surface area contributed by atoms with E-state index in [9.17, 15) is 31.4 Å². The van der Waals surface area contributed by atoms with Gasteiger partial charge in [-0.25, -0.2) is 0 Å². The number of anilines is 2. The number of ether oxygens (including phenoxy) is 1. The first kappa shape index (κ1) is 53.0. The molecule has 0 aromatic heterocycles. The van der Waals surface area contributed by atoms with Gasteiger partial charge in [0, 0.05) is 15.7 Å². The maximum absolute atomic E-state index is 11.3. The molecule has 6 aromatic carbocycles. The van der Waals surface area contributed by atoms with Gasteiger partial charge in [-0.3, -0.25) is 0 Å². The van der Waals surface area contributed by atoms with Crippen molar-refractivity contribution in [3.63, 3.8) is 0 Å². The zero-order valence-electron chi connectivity index (χ0n) is 38.9. The highest BCUT2D eigenvalue weighted by Crippen LogP contribution is 2.50. The molecule has 1 saturated heterocycles. The van der Waals surface area contributed by atoms with Crippen LogP contribution >= 0.6 is 0 Å². The molecule has 7 rings (SSSR count). The molecule has 6 aromatic rings. The second kappa shape index (κ2) is 24.2. The number of para-hydroxylation sites is 2. The summed E-state index contributed by atoms with van der Waals surface area (Å²) in [6, 6.07) is 53.5. The van der Waals surface area contributed by atoms with Crippen LogP contribution in [-0.4, -0.2) is 28.7 Å². The number of epoxide rings is 1. The van der Waals surface area contributed by atoms with Crippen LogP contribution < -0.4 is 11.1 Å². The lowest BCUT2D eigenvalue weighted by atomic mass is 9.90. The minimum absolute atomic E-state index is 0. The van der Waals surface area contributed by atoms with Gasteiger partial charge in [-0.1, -0.05) is 213 Å². The Balaban J connectivity index is 0.000000494. The van der Waals surface area contributed by atoms with E-state index in [0.717, 1.165) is 22.5 Å². The molecule has 4 atom stereocenters. The highest BCUT2D eigenvalue weighted by molar-refractivity contribution is 5.61. The Kier molecular flexibility index (Phi) is 19.5. The molecule has 5 N–H and O–H groups in total. The van der Waals surface area contributed by atoms with Crippen molar-refractivity contribution < 1.29 is 45.6 Å². The minimum Gasteiger partial charge on any atom is -0.398 e. The third kappa shape index (κ3) is 15.2. The quantitative estimate of drug-likeness (QED) is 0.0590. The number of rotatable bonds is 11. The van der Waals surface area contributed by atoms with Crippen molar-refractivity contribution in [1.82, 2.24) is 0 Å². The molecular weight excluding hydrogens is 851 g/mol. The van der Waals surface area contributed by atoms with E-state index >= 15 is 0 Å². The molecule has 0 aliphatic carbocycles. The number of alkyl halides is 6. The highest BCUT2D eigenvalue weighted by atomic mass is 19.4. The van der Waals surface area contributed by atoms with Crippen molar-refractivity contribution in [3.8, 4) is 0 Å². The Morgan fingerprint density at radius 1 is 0.470 bits per heavy atom. The lowest BCUT2D eigenvalue weighted by Gasteiger charge is -2.30. The van der Waals surface area contributed by atoms with Crippen LogP contribution in [0.2, 0.25) is 0 Å². The fraction of sp³-hybridized carbons (Fsp3) is 0.345. The standard InChI is InChI=1S/C26H31NO.C14H12O.C12H19N.C3H2F6O.3H2/c1-18(2)22-16-11-17-23(19(3)4)25(22)27-24(20-12-7-5-8-13-20)26(28)21-14-9-6-10-15-21;1-3-7-11(8-4-1)13-14(15-13)12-9-5-2-6-10-12;1-8(2)10-6-5-7-11(9(3)4)12(10)13;4-2(5,6)1(10)3(7,8)9;;;/h5-19,24,26-28H,1-4H3;1-10,13-14H;5-9H,13H2,1-4H3;1,10H;3*1H/t24?,26-;13-,14-;;;;;/m11...../s1. The van der Waals surface area contributed by atoms with E-state index in [0.29, 0.717) is 23.7 Å². The average molecular weight is 921 g/mol. The van der Waals surface area contributed by atoms with Crippen molar-refractivity contribution in [2.24, 2.45) is 0 Å². The van der Waals surface area contributed by atoms with Crippen molar-refractivity contribution >= 4 is 11.4 Å². The lowest BCUT2D eigenvalue weighted by Crippen LogP contribution is -2.41. The molecule has 11 heteroatoms. The number of benzene rings is 6. The number of hydrogen-bond acceptors (Lipinski definition) is 5. The molecule has 0 radical (unpaired) electrons. The van der Waals surface area contributed by atoms with Crippen molar-refractivity contribution in [1.29, 1.82) is 0 Å². The highest BCUT2D eigenvalue weighted by Gasteiger charge is 2.55. The summed E-state index contributed by atoms with van der Waals surface area (Å²) in [5, 5.41) is 22.5. The SMILES string of the molecule is CC(C)c1cccc(C(C)C)c1N.CC(C)c1cccc(C(C)C)c1NC(c1ccccc1)[C@H](O)c1ccccc1.OC(C(F)(F)F)C(F)(F)F.[HH].[HH].[HH].c1ccc([C@H]2O[C@@H]2c2ccccc2)cc1. The molecule has 0 spiro atoms. The molecule has 66 heavy (non-hydrogen) atoms. The number of nitrogens with two attached hydrogens (primary N) is 1. The number of halogens is 6. The largest absolute Gasteiger partial charge is 0.423 e. The molecule has 1 fully saturated rings. The van der Waals surface area contributed by atoms with Gasteiger partial charge < -0.3 is 26.0 Å². The first-order valence-corrected chi connectivity index (χ1v) is 22.3. The first-order valence-electron chi connectivity index (χ1n) is 22.3. The number of nitrogen functional groups attached to an aromatic ring is 1. The van der Waals surface area contributed by atoms with Crippen LogP contribution in [0.5, 0.6) is 0 Å². The normalized spacial score (nSPS) is 15.5. The number of aliphatic hydroxyl groups is 2. The molecular formula is C55H70F6N2O3. The third-order valence-corrected chi connectivity index (χ3v) is 11.1. The van der Waals surface area contributed by atoms with Gasteiger partial charge in [0.05, 0.1) is 6.04 Å². The van der Waals surface area contributed by atoms with E-state index in [1.165, 1.54) is 33.4 Å². The van der Waals surface area contributed by atoms with Gasteiger partial charge in [0.1, 0.15) is 18.3 Å². The van der Waals surface area contributed by atoms with E-state index in [1.54, 1.807) is 0 Å². The summed E-state index contributed by atoms with van der Waals surface area (Å²) in [6.07, 6.45) is -15.6. The van der Waals surface area contributed by atoms with Crippen LogP contribution in [0.1, 0.15) is 152 Å². The Labute approximate surface area is 391 Å². The lowest BCUT2D eigenvalue weighted by molar-refractivity contribution is -0.308. The molecule has 360 valence electrons. The second-order valence-corrected chi connectivity index (χ2v) is 17.5. The smallest absolute Gasteiger partial charge is 0.398 e. The first-order chi connectivity index (χ1) is 31.1. The minimum atomic E-state index is -5.63. The van der Waals surface area contributed by atoms with Crippen molar-refractivity contribution in [2.45, 2.75) is 122 Å². The average Bonchev–Trinajstić information content (AvgIpc) is 4.10. The number of nitrogens with one attached hydrogen (secondary N) is 1. The molecule has 5 nitrogen and oxygen atoms in total. The maximum atomic E-state index is 11.3. The van der Waals surface area contributed by atoms with Crippen molar-refractivity contribution in [2.75, 3.05) is 11.1 Å². The van der Waals surface area contributed by atoms with Gasteiger partial charge in [-0.15, -0.1) is 0 Å². The van der Waals surface area contributed by atoms with E-state index < -0.39 is 24.6 Å². The zero-order chi connectivity index (χ0) is 48.8.